The van der Waals surface area contributed by atoms with E-state index in [1.165, 1.54) is 2.88 Å². The molecule has 2 aromatic heterocycles. The molecule has 96 valence electrons. The monoisotopic (exact) mass is 376 g/mol. The quantitative estimate of drug-likeness (QED) is 0.829. The zero-order chi connectivity index (χ0) is 12.4. The predicted molar refractivity (Wildman–Crippen MR) is 78.5 cm³/mol. The van der Waals surface area contributed by atoms with Gasteiger partial charge in [0.05, 0.1) is 15.0 Å². The van der Waals surface area contributed by atoms with Crippen molar-refractivity contribution < 1.29 is 4.52 Å². The maximum absolute atomic E-state index is 5.31. The Morgan fingerprint density at radius 2 is 2.28 bits per heavy atom. The van der Waals surface area contributed by atoms with E-state index in [0.29, 0.717) is 5.89 Å². The number of hydrogen-bond acceptors (Lipinski definition) is 6. The second kappa shape index (κ2) is 5.64. The van der Waals surface area contributed by atoms with Crippen molar-refractivity contribution in [3.8, 4) is 11.5 Å². The fourth-order valence-corrected chi connectivity index (χ4v) is 3.25. The average Bonchev–Trinajstić information content (AvgIpc) is 2.99. The van der Waals surface area contributed by atoms with Crippen LogP contribution in [-0.2, 0) is 6.54 Å². The Labute approximate surface area is 123 Å². The smallest absolute Gasteiger partial charge is 0.258 e. The van der Waals surface area contributed by atoms with Crippen LogP contribution < -0.4 is 5.32 Å². The largest absolute Gasteiger partial charge is 0.334 e. The highest BCUT2D eigenvalue weighted by Gasteiger charge is 2.15. The Morgan fingerprint density at radius 1 is 1.44 bits per heavy atom. The van der Waals surface area contributed by atoms with Crippen LogP contribution in [0.3, 0.4) is 0 Å². The minimum atomic E-state index is 0.624. The molecule has 7 heteroatoms. The summed E-state index contributed by atoms with van der Waals surface area (Å²) in [5.41, 5.74) is 1.02. The molecule has 0 radical (unpaired) electrons. The first kappa shape index (κ1) is 12.5. The molecule has 0 saturated carbocycles. The van der Waals surface area contributed by atoms with E-state index >= 15 is 0 Å². The first-order chi connectivity index (χ1) is 8.81. The van der Waals surface area contributed by atoms with Crippen LogP contribution in [0.25, 0.3) is 11.5 Å². The molecular formula is C11H13IN4OS. The number of aromatic nitrogens is 2. The molecule has 1 fully saturated rings. The molecule has 3 heterocycles. The second-order valence-electron chi connectivity index (χ2n) is 4.18. The molecule has 1 saturated heterocycles. The zero-order valence-electron chi connectivity index (χ0n) is 9.73. The van der Waals surface area contributed by atoms with Crippen molar-refractivity contribution in [2.24, 2.45) is 0 Å². The summed E-state index contributed by atoms with van der Waals surface area (Å²) in [6.45, 7) is 4.92. The topological polar surface area (TPSA) is 54.2 Å². The first-order valence-corrected chi connectivity index (χ1v) is 7.77. The average molecular weight is 376 g/mol. The highest BCUT2D eigenvalue weighted by molar-refractivity contribution is 14.1. The van der Waals surface area contributed by atoms with Gasteiger partial charge in [0.2, 0.25) is 0 Å². The normalized spacial score (nSPS) is 17.2. The van der Waals surface area contributed by atoms with Gasteiger partial charge in [-0.1, -0.05) is 5.16 Å². The van der Waals surface area contributed by atoms with Crippen molar-refractivity contribution in [1.82, 2.24) is 20.4 Å². The van der Waals surface area contributed by atoms with Crippen LogP contribution in [0, 0.1) is 2.88 Å². The maximum Gasteiger partial charge on any atom is 0.258 e. The van der Waals surface area contributed by atoms with Crippen LogP contribution in [0.1, 0.15) is 5.82 Å². The van der Waals surface area contributed by atoms with E-state index in [1.807, 2.05) is 5.38 Å². The molecule has 18 heavy (non-hydrogen) atoms. The van der Waals surface area contributed by atoms with Crippen molar-refractivity contribution in [2.75, 3.05) is 26.2 Å². The Morgan fingerprint density at radius 3 is 3.00 bits per heavy atom. The Kier molecular flexibility index (Phi) is 3.92. The van der Waals surface area contributed by atoms with E-state index in [4.69, 9.17) is 4.52 Å². The molecule has 0 unspecified atom stereocenters. The lowest BCUT2D eigenvalue weighted by Gasteiger charge is -2.25. The molecule has 0 aromatic carbocycles. The summed E-state index contributed by atoms with van der Waals surface area (Å²) in [6.07, 6.45) is 0. The molecule has 1 N–H and O–H groups in total. The van der Waals surface area contributed by atoms with Gasteiger partial charge < -0.3 is 9.84 Å². The molecule has 3 rings (SSSR count). The molecule has 0 amide bonds. The van der Waals surface area contributed by atoms with Gasteiger partial charge in [-0.2, -0.15) is 4.98 Å². The Balaban J connectivity index is 1.69. The van der Waals surface area contributed by atoms with Gasteiger partial charge in [0.15, 0.2) is 5.82 Å². The fourth-order valence-electron chi connectivity index (χ4n) is 1.93. The fraction of sp³-hybridized carbons (Fsp3) is 0.455. The van der Waals surface area contributed by atoms with Crippen LogP contribution in [0.2, 0.25) is 0 Å². The molecule has 5 nitrogen and oxygen atoms in total. The number of thiophene rings is 1. The van der Waals surface area contributed by atoms with Crippen LogP contribution in [-0.4, -0.2) is 41.2 Å². The number of hydrogen-bond donors (Lipinski definition) is 1. The van der Waals surface area contributed by atoms with Crippen LogP contribution in [0.15, 0.2) is 16.0 Å². The van der Waals surface area contributed by atoms with E-state index in [-0.39, 0.29) is 0 Å². The summed E-state index contributed by atoms with van der Waals surface area (Å²) in [5.74, 6) is 1.40. The van der Waals surface area contributed by atoms with Crippen molar-refractivity contribution in [3.63, 3.8) is 0 Å². The summed E-state index contributed by atoms with van der Waals surface area (Å²) in [7, 11) is 0. The van der Waals surface area contributed by atoms with Gasteiger partial charge in [0, 0.05) is 31.6 Å². The van der Waals surface area contributed by atoms with Crippen molar-refractivity contribution in [2.45, 2.75) is 6.54 Å². The van der Waals surface area contributed by atoms with Crippen molar-refractivity contribution in [3.05, 3.63) is 20.2 Å². The van der Waals surface area contributed by atoms with Gasteiger partial charge >= 0.3 is 0 Å². The maximum atomic E-state index is 5.31. The molecule has 0 aliphatic carbocycles. The molecule has 0 bridgehead atoms. The summed E-state index contributed by atoms with van der Waals surface area (Å²) < 4.78 is 6.53. The second-order valence-corrected chi connectivity index (χ2v) is 6.99. The van der Waals surface area contributed by atoms with E-state index in [2.05, 4.69) is 49.0 Å². The highest BCUT2D eigenvalue weighted by Crippen LogP contribution is 2.25. The van der Waals surface area contributed by atoms with E-state index in [9.17, 15) is 0 Å². The van der Waals surface area contributed by atoms with E-state index in [1.54, 1.807) is 11.3 Å². The Bertz CT molecular complexity index is 521. The minimum absolute atomic E-state index is 0.624. The number of nitrogens with one attached hydrogen (secondary N) is 1. The summed E-state index contributed by atoms with van der Waals surface area (Å²) in [4.78, 5) is 6.79. The number of piperazine rings is 1. The lowest BCUT2D eigenvalue weighted by Crippen LogP contribution is -2.43. The van der Waals surface area contributed by atoms with Gasteiger partial charge in [-0.15, -0.1) is 11.3 Å². The molecule has 0 spiro atoms. The van der Waals surface area contributed by atoms with Crippen LogP contribution in [0.4, 0.5) is 0 Å². The predicted octanol–water partition coefficient (Wildman–Crippen LogP) is 1.81. The minimum Gasteiger partial charge on any atom is -0.334 e. The molecule has 1 aliphatic heterocycles. The number of nitrogens with zero attached hydrogens (tertiary/aromatic N) is 3. The Hall–Kier alpha value is -0.510. The standard InChI is InChI=1S/C11H13IN4OS/c12-9-5-8(7-18-9)11-14-10(15-17-11)6-16-3-1-13-2-4-16/h5,7,13H,1-4,6H2. The van der Waals surface area contributed by atoms with Gasteiger partial charge in [-0.05, 0) is 28.7 Å². The number of halogens is 1. The molecule has 0 atom stereocenters. The molecule has 1 aliphatic rings. The third-order valence-corrected chi connectivity index (χ3v) is 4.65. The number of rotatable bonds is 3. The van der Waals surface area contributed by atoms with Gasteiger partial charge in [-0.25, -0.2) is 0 Å². The zero-order valence-corrected chi connectivity index (χ0v) is 12.7. The summed E-state index contributed by atoms with van der Waals surface area (Å²) in [5, 5.41) is 9.42. The third kappa shape index (κ3) is 2.90. The van der Waals surface area contributed by atoms with E-state index < -0.39 is 0 Å². The van der Waals surface area contributed by atoms with Gasteiger partial charge in [-0.3, -0.25) is 4.90 Å². The third-order valence-electron chi connectivity index (χ3n) is 2.86. The van der Waals surface area contributed by atoms with Crippen LogP contribution in [0.5, 0.6) is 0 Å². The highest BCUT2D eigenvalue weighted by atomic mass is 127. The molecule has 2 aromatic rings. The van der Waals surface area contributed by atoms with Crippen molar-refractivity contribution in [1.29, 1.82) is 0 Å². The van der Waals surface area contributed by atoms with E-state index in [0.717, 1.165) is 44.1 Å². The summed E-state index contributed by atoms with van der Waals surface area (Å²) in [6, 6.07) is 2.06. The lowest BCUT2D eigenvalue weighted by atomic mass is 10.3. The van der Waals surface area contributed by atoms with Gasteiger partial charge in [0.25, 0.3) is 5.89 Å². The van der Waals surface area contributed by atoms with Crippen LogP contribution >= 0.6 is 33.9 Å². The lowest BCUT2D eigenvalue weighted by molar-refractivity contribution is 0.225. The summed E-state index contributed by atoms with van der Waals surface area (Å²) >= 11 is 3.98. The molecular weight excluding hydrogens is 363 g/mol. The van der Waals surface area contributed by atoms with Gasteiger partial charge in [0.1, 0.15) is 0 Å². The SMILES string of the molecule is Ic1cc(-c2nc(CN3CCNCC3)no2)cs1. The first-order valence-electron chi connectivity index (χ1n) is 5.81. The van der Waals surface area contributed by atoms with Crippen molar-refractivity contribution >= 4 is 33.9 Å².